The molecule has 0 fully saturated rings. The Bertz CT molecular complexity index is 182. The lowest BCUT2D eigenvalue weighted by Gasteiger charge is -1.85. The first kappa shape index (κ1) is 8.20. The van der Waals surface area contributed by atoms with Gasteiger partial charge in [-0.1, -0.05) is 15.9 Å². The van der Waals surface area contributed by atoms with Crippen molar-refractivity contribution in [2.75, 3.05) is 0 Å². The average molecular weight is 185 g/mol. The van der Waals surface area contributed by atoms with Gasteiger partial charge in [0.05, 0.1) is 12.1 Å². The second-order valence-corrected chi connectivity index (χ2v) is 1.86. The van der Waals surface area contributed by atoms with Gasteiger partial charge in [-0.2, -0.15) is 10.5 Å². The van der Waals surface area contributed by atoms with Gasteiger partial charge in [-0.25, -0.2) is 0 Å². The molecule has 0 atom stereocenters. The molecule has 0 radical (unpaired) electrons. The number of hydrogen-bond acceptors (Lipinski definition) is 2. The van der Waals surface area contributed by atoms with E-state index < -0.39 is 0 Å². The summed E-state index contributed by atoms with van der Waals surface area (Å²) in [5, 5.41) is 16.4. The third-order valence-electron chi connectivity index (χ3n) is 0.781. The summed E-state index contributed by atoms with van der Waals surface area (Å²) in [7, 11) is 0. The van der Waals surface area contributed by atoms with Crippen molar-refractivity contribution in [3.05, 3.63) is 10.6 Å². The molecule has 0 saturated carbocycles. The Morgan fingerprint density at radius 2 is 2.22 bits per heavy atom. The van der Waals surface area contributed by atoms with Gasteiger partial charge in [0, 0.05) is 12.0 Å². The first-order chi connectivity index (χ1) is 4.35. The van der Waals surface area contributed by atoms with E-state index in [1.54, 1.807) is 4.99 Å². The molecule has 0 N–H and O–H groups in total. The number of hydrogen-bond donors (Lipinski definition) is 0. The van der Waals surface area contributed by atoms with Crippen LogP contribution in [0, 0.1) is 22.7 Å². The predicted molar refractivity (Wildman–Crippen MR) is 37.5 cm³/mol. The first-order valence-corrected chi connectivity index (χ1v) is 3.33. The first-order valence-electron chi connectivity index (χ1n) is 2.41. The zero-order chi connectivity index (χ0) is 7.11. The zero-order valence-electron chi connectivity index (χ0n) is 4.76. The van der Waals surface area contributed by atoms with Crippen LogP contribution in [-0.2, 0) is 0 Å². The molecule has 2 nitrogen and oxygen atoms in total. The van der Waals surface area contributed by atoms with Gasteiger partial charge >= 0.3 is 0 Å². The van der Waals surface area contributed by atoms with Crippen LogP contribution in [0.1, 0.15) is 12.8 Å². The molecule has 0 heterocycles. The fourth-order valence-corrected chi connectivity index (χ4v) is 0.657. The van der Waals surface area contributed by atoms with Gasteiger partial charge in [0.25, 0.3) is 0 Å². The molecule has 0 aliphatic heterocycles. The highest BCUT2D eigenvalue weighted by Crippen LogP contribution is 2.04. The van der Waals surface area contributed by atoms with E-state index in [-0.39, 0.29) is 0 Å². The summed E-state index contributed by atoms with van der Waals surface area (Å²) < 4.78 is 0. The second-order valence-electron chi connectivity index (χ2n) is 1.40. The van der Waals surface area contributed by atoms with Gasteiger partial charge in [-0.15, -0.1) is 0 Å². The summed E-state index contributed by atoms with van der Waals surface area (Å²) in [6.45, 7) is 0. The van der Waals surface area contributed by atoms with Crippen LogP contribution >= 0.6 is 15.9 Å². The SMILES string of the molecule is N#CCC/C(C#N)=C\Br. The molecule has 0 aromatic rings. The van der Waals surface area contributed by atoms with Crippen molar-refractivity contribution in [1.29, 1.82) is 10.5 Å². The van der Waals surface area contributed by atoms with E-state index >= 15 is 0 Å². The van der Waals surface area contributed by atoms with Crippen molar-refractivity contribution < 1.29 is 0 Å². The molecule has 0 aliphatic carbocycles. The molecular weight excluding hydrogens is 180 g/mol. The number of allylic oxidation sites excluding steroid dienone is 1. The summed E-state index contributed by atoms with van der Waals surface area (Å²) in [5.74, 6) is 0. The lowest BCUT2D eigenvalue weighted by atomic mass is 10.2. The van der Waals surface area contributed by atoms with Crippen LogP contribution in [0.2, 0.25) is 0 Å². The minimum Gasteiger partial charge on any atom is -0.198 e. The van der Waals surface area contributed by atoms with Crippen LogP contribution in [0.15, 0.2) is 10.6 Å². The van der Waals surface area contributed by atoms with Crippen LogP contribution in [-0.4, -0.2) is 0 Å². The van der Waals surface area contributed by atoms with E-state index in [1.165, 1.54) is 0 Å². The average Bonchev–Trinajstić information content (AvgIpc) is 1.91. The van der Waals surface area contributed by atoms with Crippen molar-refractivity contribution in [3.63, 3.8) is 0 Å². The van der Waals surface area contributed by atoms with Gasteiger partial charge < -0.3 is 0 Å². The highest BCUT2D eigenvalue weighted by atomic mass is 79.9. The summed E-state index contributed by atoms with van der Waals surface area (Å²) in [5.41, 5.74) is 0.608. The zero-order valence-corrected chi connectivity index (χ0v) is 6.35. The maximum atomic E-state index is 8.29. The fourth-order valence-electron chi connectivity index (χ4n) is 0.325. The molecule has 0 unspecified atom stereocenters. The smallest absolute Gasteiger partial charge is 0.0952 e. The molecule has 46 valence electrons. The molecule has 0 aromatic carbocycles. The van der Waals surface area contributed by atoms with Crippen LogP contribution in [0.4, 0.5) is 0 Å². The molecule has 0 rings (SSSR count). The van der Waals surface area contributed by atoms with Gasteiger partial charge in [-0.05, 0) is 11.4 Å². The Kier molecular flexibility index (Phi) is 4.86. The van der Waals surface area contributed by atoms with Crippen LogP contribution in [0.25, 0.3) is 0 Å². The van der Waals surface area contributed by atoms with Crippen molar-refractivity contribution in [1.82, 2.24) is 0 Å². The molecular formula is C6H5BrN2. The number of nitriles is 2. The highest BCUT2D eigenvalue weighted by Gasteiger charge is 1.90. The minimum absolute atomic E-state index is 0.408. The standard InChI is InChI=1S/C6H5BrN2/c7-4-6(5-9)2-1-3-8/h4H,1-2H2/b6-4+. The van der Waals surface area contributed by atoms with E-state index in [1.807, 2.05) is 12.1 Å². The Balaban J connectivity index is 3.65. The lowest BCUT2D eigenvalue weighted by molar-refractivity contribution is 1.02. The number of nitrogens with zero attached hydrogens (tertiary/aromatic N) is 2. The molecule has 0 aromatic heterocycles. The molecule has 0 bridgehead atoms. The quantitative estimate of drug-likeness (QED) is 0.618. The van der Waals surface area contributed by atoms with E-state index in [2.05, 4.69) is 15.9 Å². The minimum atomic E-state index is 0.408. The molecule has 0 aliphatic rings. The van der Waals surface area contributed by atoms with E-state index in [0.717, 1.165) is 0 Å². The van der Waals surface area contributed by atoms with Gasteiger partial charge in [-0.3, -0.25) is 0 Å². The maximum Gasteiger partial charge on any atom is 0.0952 e. The third-order valence-corrected chi connectivity index (χ3v) is 1.33. The van der Waals surface area contributed by atoms with Gasteiger partial charge in [0.2, 0.25) is 0 Å². The molecule has 0 amide bonds. The third kappa shape index (κ3) is 3.76. The fraction of sp³-hybridized carbons (Fsp3) is 0.333. The molecule has 0 spiro atoms. The Hall–Kier alpha value is -0.800. The van der Waals surface area contributed by atoms with Crippen LogP contribution in [0.5, 0.6) is 0 Å². The normalized spacial score (nSPS) is 9.89. The molecule has 0 saturated heterocycles. The summed E-state index contributed by atoms with van der Waals surface area (Å²) in [6, 6.07) is 3.90. The van der Waals surface area contributed by atoms with E-state index in [9.17, 15) is 0 Å². The summed E-state index contributed by atoms with van der Waals surface area (Å²) in [4.78, 5) is 1.55. The predicted octanol–water partition coefficient (Wildman–Crippen LogP) is 2.09. The summed E-state index contributed by atoms with van der Waals surface area (Å²) >= 11 is 3.01. The van der Waals surface area contributed by atoms with Crippen molar-refractivity contribution in [2.24, 2.45) is 0 Å². The number of rotatable bonds is 2. The van der Waals surface area contributed by atoms with E-state index in [4.69, 9.17) is 10.5 Å². The molecule has 3 heteroatoms. The summed E-state index contributed by atoms with van der Waals surface area (Å²) in [6.07, 6.45) is 0.948. The second kappa shape index (κ2) is 5.34. The number of halogens is 1. The topological polar surface area (TPSA) is 47.6 Å². The van der Waals surface area contributed by atoms with Crippen molar-refractivity contribution in [2.45, 2.75) is 12.8 Å². The van der Waals surface area contributed by atoms with Crippen molar-refractivity contribution in [3.8, 4) is 12.1 Å². The van der Waals surface area contributed by atoms with Crippen molar-refractivity contribution >= 4 is 15.9 Å². The lowest BCUT2D eigenvalue weighted by Crippen LogP contribution is -1.74. The monoisotopic (exact) mass is 184 g/mol. The Labute approximate surface area is 62.5 Å². The van der Waals surface area contributed by atoms with Crippen LogP contribution < -0.4 is 0 Å². The highest BCUT2D eigenvalue weighted by molar-refractivity contribution is 9.11. The van der Waals surface area contributed by atoms with Gasteiger partial charge in [0.15, 0.2) is 0 Å². The Morgan fingerprint density at radius 3 is 2.56 bits per heavy atom. The van der Waals surface area contributed by atoms with Gasteiger partial charge in [0.1, 0.15) is 0 Å². The maximum absolute atomic E-state index is 8.29. The Morgan fingerprint density at radius 1 is 1.56 bits per heavy atom. The van der Waals surface area contributed by atoms with E-state index in [0.29, 0.717) is 18.4 Å². The molecule has 9 heavy (non-hydrogen) atoms. The largest absolute Gasteiger partial charge is 0.198 e. The van der Waals surface area contributed by atoms with Crippen LogP contribution in [0.3, 0.4) is 0 Å².